The number of rotatable bonds is 9. The van der Waals surface area contributed by atoms with Gasteiger partial charge in [0.2, 0.25) is 0 Å². The van der Waals surface area contributed by atoms with E-state index in [0.29, 0.717) is 18.9 Å². The summed E-state index contributed by atoms with van der Waals surface area (Å²) in [5.74, 6) is 2.15. The zero-order chi connectivity index (χ0) is 22.5. The minimum Gasteiger partial charge on any atom is -0.497 e. The molecule has 0 spiro atoms. The quantitative estimate of drug-likeness (QED) is 0.504. The Kier molecular flexibility index (Phi) is 6.85. The fraction of sp³-hybridized carbons (Fsp3) is 0.400. The monoisotopic (exact) mass is 438 g/mol. The third-order valence-electron chi connectivity index (χ3n) is 6.03. The number of carbonyl (C=O) groups is 1. The molecule has 32 heavy (non-hydrogen) atoms. The van der Waals surface area contributed by atoms with Crippen LogP contribution in [0.3, 0.4) is 0 Å². The summed E-state index contributed by atoms with van der Waals surface area (Å²) in [5.41, 5.74) is 2.06. The molecule has 1 fully saturated rings. The molecule has 0 saturated carbocycles. The lowest BCUT2D eigenvalue weighted by Gasteiger charge is -2.26. The van der Waals surface area contributed by atoms with Gasteiger partial charge < -0.3 is 28.4 Å². The van der Waals surface area contributed by atoms with Gasteiger partial charge in [-0.3, -0.25) is 4.79 Å². The first-order chi connectivity index (χ1) is 15.7. The Morgan fingerprint density at radius 3 is 2.72 bits per heavy atom. The molecule has 1 saturated heterocycles. The molecule has 1 amide bonds. The summed E-state index contributed by atoms with van der Waals surface area (Å²) in [4.78, 5) is 15.0. The Morgan fingerprint density at radius 1 is 1.06 bits per heavy atom. The van der Waals surface area contributed by atoms with Gasteiger partial charge in [-0.2, -0.15) is 0 Å². The minimum atomic E-state index is -0.0297. The summed E-state index contributed by atoms with van der Waals surface area (Å²) in [6, 6.07) is 13.6. The van der Waals surface area contributed by atoms with Gasteiger partial charge in [0, 0.05) is 43.4 Å². The van der Waals surface area contributed by atoms with Crippen molar-refractivity contribution < 1.29 is 23.7 Å². The molecule has 1 atom stereocenters. The number of methoxy groups -OCH3 is 3. The van der Waals surface area contributed by atoms with E-state index in [1.165, 1.54) is 0 Å². The molecule has 7 nitrogen and oxygen atoms in total. The number of fused-ring (bicyclic) bond motifs is 1. The smallest absolute Gasteiger partial charge is 0.261 e. The molecule has 0 N–H and O–H groups in total. The summed E-state index contributed by atoms with van der Waals surface area (Å²) < 4.78 is 24.2. The van der Waals surface area contributed by atoms with Gasteiger partial charge in [-0.15, -0.1) is 0 Å². The van der Waals surface area contributed by atoms with Crippen LogP contribution >= 0.6 is 0 Å². The molecule has 7 heteroatoms. The van der Waals surface area contributed by atoms with Crippen LogP contribution in [0.15, 0.2) is 48.7 Å². The maximum absolute atomic E-state index is 13.1. The minimum absolute atomic E-state index is 0.00264. The lowest BCUT2D eigenvalue weighted by molar-refractivity contribution is -0.134. The van der Waals surface area contributed by atoms with Gasteiger partial charge in [-0.1, -0.05) is 6.07 Å². The molecule has 1 aliphatic rings. The van der Waals surface area contributed by atoms with Crippen LogP contribution in [-0.4, -0.2) is 56.5 Å². The summed E-state index contributed by atoms with van der Waals surface area (Å²) in [5, 5.41) is 0.992. The van der Waals surface area contributed by atoms with E-state index in [4.69, 9.17) is 18.9 Å². The first-order valence-corrected chi connectivity index (χ1v) is 10.9. The van der Waals surface area contributed by atoms with Crippen LogP contribution in [0.5, 0.6) is 17.2 Å². The Hall–Kier alpha value is -3.19. The molecule has 1 aliphatic heterocycles. The number of nitrogens with zero attached hydrogens (tertiary/aromatic N) is 2. The highest BCUT2D eigenvalue weighted by molar-refractivity contribution is 5.87. The molecule has 1 aromatic heterocycles. The van der Waals surface area contributed by atoms with Gasteiger partial charge in [-0.25, -0.2) is 0 Å². The highest BCUT2D eigenvalue weighted by atomic mass is 16.5. The normalized spacial score (nSPS) is 15.8. The van der Waals surface area contributed by atoms with Crippen molar-refractivity contribution in [1.29, 1.82) is 0 Å². The van der Waals surface area contributed by atoms with Crippen LogP contribution in [0, 0.1) is 0 Å². The largest absolute Gasteiger partial charge is 0.497 e. The molecule has 0 aliphatic carbocycles. The Balaban J connectivity index is 1.48. The number of ether oxygens (including phenoxy) is 4. The van der Waals surface area contributed by atoms with E-state index in [-0.39, 0.29) is 18.6 Å². The second kappa shape index (κ2) is 9.96. The zero-order valence-electron chi connectivity index (χ0n) is 18.9. The van der Waals surface area contributed by atoms with E-state index in [1.807, 2.05) is 53.6 Å². The lowest BCUT2D eigenvalue weighted by Crippen LogP contribution is -2.34. The van der Waals surface area contributed by atoms with Crippen LogP contribution in [0.4, 0.5) is 0 Å². The van der Waals surface area contributed by atoms with Crippen LogP contribution in [0.2, 0.25) is 0 Å². The van der Waals surface area contributed by atoms with E-state index in [9.17, 15) is 4.79 Å². The fourth-order valence-corrected chi connectivity index (χ4v) is 4.41. The highest BCUT2D eigenvalue weighted by Crippen LogP contribution is 2.38. The van der Waals surface area contributed by atoms with Crippen molar-refractivity contribution in [1.82, 2.24) is 9.47 Å². The molecule has 3 aromatic rings. The average Bonchev–Trinajstić information content (AvgIpc) is 3.48. The lowest BCUT2D eigenvalue weighted by atomic mass is 10.0. The molecule has 2 aromatic carbocycles. The average molecular weight is 439 g/mol. The summed E-state index contributed by atoms with van der Waals surface area (Å²) in [6.07, 6.45) is 3.86. The SMILES string of the molecule is COCCn1ccc2c(OCC(=O)N3CCCC3c3ccc(OC)cc3OC)cccc21. The standard InChI is InChI=1S/C25H30N2O5/c1-29-15-14-26-13-11-20-21(26)6-4-8-23(20)32-17-25(28)27-12-5-7-22(27)19-10-9-18(30-2)16-24(19)31-3/h4,6,8-11,13,16,22H,5,7,12,14-15,17H2,1-3H3. The number of amides is 1. The Bertz CT molecular complexity index is 1080. The van der Waals surface area contributed by atoms with Crippen molar-refractivity contribution in [3.8, 4) is 17.2 Å². The van der Waals surface area contributed by atoms with Crippen molar-refractivity contribution >= 4 is 16.8 Å². The first kappa shape index (κ1) is 22.0. The molecule has 2 heterocycles. The van der Waals surface area contributed by atoms with Crippen molar-refractivity contribution in [2.24, 2.45) is 0 Å². The van der Waals surface area contributed by atoms with Gasteiger partial charge in [0.15, 0.2) is 6.61 Å². The van der Waals surface area contributed by atoms with E-state index in [2.05, 4.69) is 4.57 Å². The third-order valence-corrected chi connectivity index (χ3v) is 6.03. The summed E-state index contributed by atoms with van der Waals surface area (Å²) >= 11 is 0. The number of hydrogen-bond acceptors (Lipinski definition) is 5. The topological polar surface area (TPSA) is 62.2 Å². The number of hydrogen-bond donors (Lipinski definition) is 0. The van der Waals surface area contributed by atoms with Gasteiger partial charge in [0.05, 0.1) is 32.4 Å². The van der Waals surface area contributed by atoms with Crippen molar-refractivity contribution in [2.75, 3.05) is 41.1 Å². The number of carbonyl (C=O) groups excluding carboxylic acids is 1. The van der Waals surface area contributed by atoms with Crippen LogP contribution in [0.25, 0.3) is 10.9 Å². The van der Waals surface area contributed by atoms with Crippen molar-refractivity contribution in [3.05, 3.63) is 54.2 Å². The Morgan fingerprint density at radius 2 is 1.94 bits per heavy atom. The van der Waals surface area contributed by atoms with Gasteiger partial charge in [0.25, 0.3) is 5.91 Å². The number of benzene rings is 2. The molecular weight excluding hydrogens is 408 g/mol. The maximum atomic E-state index is 13.1. The zero-order valence-corrected chi connectivity index (χ0v) is 18.9. The van der Waals surface area contributed by atoms with Crippen molar-refractivity contribution in [2.45, 2.75) is 25.4 Å². The molecule has 0 radical (unpaired) electrons. The molecular formula is C25H30N2O5. The summed E-state index contributed by atoms with van der Waals surface area (Å²) in [7, 11) is 4.96. The second-order valence-electron chi connectivity index (χ2n) is 7.83. The van der Waals surface area contributed by atoms with E-state index in [1.54, 1.807) is 21.3 Å². The van der Waals surface area contributed by atoms with E-state index >= 15 is 0 Å². The van der Waals surface area contributed by atoms with E-state index in [0.717, 1.165) is 47.4 Å². The van der Waals surface area contributed by atoms with Gasteiger partial charge in [-0.05, 0) is 43.2 Å². The molecule has 4 rings (SSSR count). The number of aromatic nitrogens is 1. The highest BCUT2D eigenvalue weighted by Gasteiger charge is 2.32. The molecule has 0 bridgehead atoms. The number of likely N-dealkylation sites (tertiary alicyclic amines) is 1. The summed E-state index contributed by atoms with van der Waals surface area (Å²) in [6.45, 7) is 2.11. The first-order valence-electron chi connectivity index (χ1n) is 10.9. The van der Waals surface area contributed by atoms with Gasteiger partial charge >= 0.3 is 0 Å². The predicted molar refractivity (Wildman–Crippen MR) is 123 cm³/mol. The van der Waals surface area contributed by atoms with E-state index < -0.39 is 0 Å². The maximum Gasteiger partial charge on any atom is 0.261 e. The molecule has 170 valence electrons. The van der Waals surface area contributed by atoms with Crippen LogP contribution in [0.1, 0.15) is 24.4 Å². The second-order valence-corrected chi connectivity index (χ2v) is 7.83. The Labute approximate surface area is 188 Å². The fourth-order valence-electron chi connectivity index (χ4n) is 4.41. The molecule has 1 unspecified atom stereocenters. The predicted octanol–water partition coefficient (Wildman–Crippen LogP) is 4.05. The third kappa shape index (κ3) is 4.39. The van der Waals surface area contributed by atoms with Crippen LogP contribution < -0.4 is 14.2 Å². The van der Waals surface area contributed by atoms with Crippen molar-refractivity contribution in [3.63, 3.8) is 0 Å². The van der Waals surface area contributed by atoms with Crippen LogP contribution in [-0.2, 0) is 16.1 Å². The van der Waals surface area contributed by atoms with Gasteiger partial charge in [0.1, 0.15) is 17.2 Å².